The van der Waals surface area contributed by atoms with Crippen LogP contribution in [0, 0.1) is 5.92 Å². The molecule has 0 radical (unpaired) electrons. The molecule has 1 fully saturated rings. The van der Waals surface area contributed by atoms with Crippen LogP contribution in [0.1, 0.15) is 42.3 Å². The van der Waals surface area contributed by atoms with Crippen LogP contribution < -0.4 is 0 Å². The van der Waals surface area contributed by atoms with Gasteiger partial charge in [-0.1, -0.05) is 24.3 Å². The summed E-state index contributed by atoms with van der Waals surface area (Å²) in [6.45, 7) is 0.0279. The van der Waals surface area contributed by atoms with Crippen molar-refractivity contribution in [1.29, 1.82) is 0 Å². The Hall–Kier alpha value is -1.84. The van der Waals surface area contributed by atoms with Crippen molar-refractivity contribution in [2.75, 3.05) is 13.7 Å². The minimum absolute atomic E-state index is 0.0153. The number of ether oxygens (including phenoxy) is 1. The van der Waals surface area contributed by atoms with Gasteiger partial charge in [0.1, 0.15) is 6.54 Å². The quantitative estimate of drug-likeness (QED) is 0.624. The molecule has 3 atom stereocenters. The number of rotatable bonds is 4. The average Bonchev–Trinajstić information content (AvgIpc) is 2.91. The molecule has 3 unspecified atom stereocenters. The van der Waals surface area contributed by atoms with Crippen LogP contribution in [0.4, 0.5) is 0 Å². The molecule has 0 saturated heterocycles. The molecule has 2 bridgehead atoms. The van der Waals surface area contributed by atoms with Crippen LogP contribution in [0.2, 0.25) is 0 Å². The zero-order chi connectivity index (χ0) is 14.1. The van der Waals surface area contributed by atoms with Crippen molar-refractivity contribution in [3.05, 3.63) is 35.4 Å². The van der Waals surface area contributed by atoms with E-state index in [1.807, 2.05) is 6.07 Å². The summed E-state index contributed by atoms with van der Waals surface area (Å²) in [5, 5.41) is 0. The first-order chi connectivity index (χ1) is 9.74. The van der Waals surface area contributed by atoms with Crippen molar-refractivity contribution < 1.29 is 14.3 Å². The highest BCUT2D eigenvalue weighted by Crippen LogP contribution is 2.52. The number of hydrogen-bond acceptors (Lipinski definition) is 3. The van der Waals surface area contributed by atoms with Crippen molar-refractivity contribution in [2.45, 2.75) is 31.2 Å². The van der Waals surface area contributed by atoms with E-state index in [1.54, 1.807) is 4.90 Å². The van der Waals surface area contributed by atoms with Crippen LogP contribution in [0.5, 0.6) is 0 Å². The molecular formula is C16H19NO3. The molecule has 4 nitrogen and oxygen atoms in total. The summed E-state index contributed by atoms with van der Waals surface area (Å²) in [5.41, 5.74) is 2.56. The van der Waals surface area contributed by atoms with Crippen molar-refractivity contribution in [3.8, 4) is 0 Å². The number of carbonyl (C=O) groups is 2. The van der Waals surface area contributed by atoms with Crippen molar-refractivity contribution in [3.63, 3.8) is 0 Å². The van der Waals surface area contributed by atoms with Crippen LogP contribution in [0.25, 0.3) is 0 Å². The molecule has 1 aromatic rings. The highest BCUT2D eigenvalue weighted by Gasteiger charge is 2.42. The van der Waals surface area contributed by atoms with E-state index >= 15 is 0 Å². The van der Waals surface area contributed by atoms with E-state index in [9.17, 15) is 9.59 Å². The lowest BCUT2D eigenvalue weighted by molar-refractivity contribution is -0.145. The number of hydrogen-bond donors (Lipinski definition) is 0. The first-order valence-electron chi connectivity index (χ1n) is 7.11. The molecule has 1 amide bonds. The Bertz CT molecular complexity index is 528. The number of carbonyl (C=O) groups excluding carboxylic acids is 2. The van der Waals surface area contributed by atoms with E-state index < -0.39 is 0 Å². The third kappa shape index (κ3) is 2.09. The third-order valence-electron chi connectivity index (χ3n) is 4.71. The molecule has 0 aromatic heterocycles. The maximum Gasteiger partial charge on any atom is 0.325 e. The molecule has 2 aliphatic rings. The van der Waals surface area contributed by atoms with Gasteiger partial charge < -0.3 is 9.64 Å². The van der Waals surface area contributed by atoms with Crippen molar-refractivity contribution in [1.82, 2.24) is 4.90 Å². The van der Waals surface area contributed by atoms with Gasteiger partial charge in [-0.25, -0.2) is 0 Å². The zero-order valence-electron chi connectivity index (χ0n) is 11.6. The maximum atomic E-state index is 11.5. The lowest BCUT2D eigenvalue weighted by Gasteiger charge is -2.37. The monoisotopic (exact) mass is 273 g/mol. The van der Waals surface area contributed by atoms with Gasteiger partial charge in [-0.3, -0.25) is 9.59 Å². The summed E-state index contributed by atoms with van der Waals surface area (Å²) < 4.78 is 4.70. The maximum absolute atomic E-state index is 11.5. The molecule has 1 aromatic carbocycles. The van der Waals surface area contributed by atoms with E-state index in [-0.39, 0.29) is 18.6 Å². The fourth-order valence-corrected chi connectivity index (χ4v) is 3.86. The SMILES string of the molecule is COC(=O)CN(C=O)C1c2ccccc2C2CCC1C2. The second kappa shape index (κ2) is 5.27. The van der Waals surface area contributed by atoms with Crippen molar-refractivity contribution >= 4 is 12.4 Å². The van der Waals surface area contributed by atoms with Gasteiger partial charge in [0.25, 0.3) is 0 Å². The summed E-state index contributed by atoms with van der Waals surface area (Å²) in [6, 6.07) is 8.34. The first kappa shape index (κ1) is 13.2. The smallest absolute Gasteiger partial charge is 0.325 e. The minimum atomic E-state index is -0.366. The van der Waals surface area contributed by atoms with Crippen LogP contribution in [0.15, 0.2) is 24.3 Å². The van der Waals surface area contributed by atoms with E-state index in [1.165, 1.54) is 24.7 Å². The Morgan fingerprint density at radius 2 is 2.10 bits per heavy atom. The molecule has 0 aliphatic heterocycles. The summed E-state index contributed by atoms with van der Waals surface area (Å²) in [4.78, 5) is 24.6. The molecular weight excluding hydrogens is 254 g/mol. The predicted molar refractivity (Wildman–Crippen MR) is 74.1 cm³/mol. The van der Waals surface area contributed by atoms with Crippen molar-refractivity contribution in [2.24, 2.45) is 5.92 Å². The number of methoxy groups -OCH3 is 1. The van der Waals surface area contributed by atoms with Gasteiger partial charge in [0, 0.05) is 0 Å². The van der Waals surface area contributed by atoms with Crippen LogP contribution in [-0.2, 0) is 14.3 Å². The average molecular weight is 273 g/mol. The van der Waals surface area contributed by atoms with Crippen LogP contribution in [-0.4, -0.2) is 30.9 Å². The van der Waals surface area contributed by atoms with Gasteiger partial charge in [-0.2, -0.15) is 0 Å². The summed E-state index contributed by atoms with van der Waals surface area (Å²) in [7, 11) is 1.35. The second-order valence-electron chi connectivity index (χ2n) is 5.70. The van der Waals surface area contributed by atoms with Gasteiger partial charge in [-0.05, 0) is 42.2 Å². The fourth-order valence-electron chi connectivity index (χ4n) is 3.86. The molecule has 2 aliphatic carbocycles. The Balaban J connectivity index is 1.95. The molecule has 0 N–H and O–H groups in total. The normalized spacial score (nSPS) is 26.8. The topological polar surface area (TPSA) is 46.6 Å². The number of amides is 1. The van der Waals surface area contributed by atoms with Gasteiger partial charge in [0.2, 0.25) is 6.41 Å². The fraction of sp³-hybridized carbons (Fsp3) is 0.500. The predicted octanol–water partition coefficient (Wildman–Crippen LogP) is 2.26. The highest BCUT2D eigenvalue weighted by atomic mass is 16.5. The van der Waals surface area contributed by atoms with Crippen LogP contribution in [0.3, 0.4) is 0 Å². The third-order valence-corrected chi connectivity index (χ3v) is 4.71. The number of nitrogens with zero attached hydrogens (tertiary/aromatic N) is 1. The lowest BCUT2D eigenvalue weighted by atomic mass is 9.79. The van der Waals surface area contributed by atoms with Gasteiger partial charge in [0.05, 0.1) is 13.2 Å². The molecule has 20 heavy (non-hydrogen) atoms. The number of esters is 1. The van der Waals surface area contributed by atoms with Gasteiger partial charge in [-0.15, -0.1) is 0 Å². The Morgan fingerprint density at radius 1 is 1.35 bits per heavy atom. The first-order valence-corrected chi connectivity index (χ1v) is 7.11. The van der Waals surface area contributed by atoms with E-state index in [4.69, 9.17) is 4.74 Å². The summed E-state index contributed by atoms with van der Waals surface area (Å²) >= 11 is 0. The molecule has 0 heterocycles. The van der Waals surface area contributed by atoms with Crippen LogP contribution >= 0.6 is 0 Å². The second-order valence-corrected chi connectivity index (χ2v) is 5.70. The summed E-state index contributed by atoms with van der Waals surface area (Å²) in [5.74, 6) is 0.721. The number of fused-ring (bicyclic) bond motifs is 4. The Labute approximate surface area is 118 Å². The molecule has 0 spiro atoms. The largest absolute Gasteiger partial charge is 0.468 e. The standard InChI is InChI=1S/C16H19NO3/c1-20-15(19)9-17(10-18)16-12-7-6-11(8-12)13-4-2-3-5-14(13)16/h2-5,10-12,16H,6-9H2,1H3. The van der Waals surface area contributed by atoms with Gasteiger partial charge in [0.15, 0.2) is 0 Å². The van der Waals surface area contributed by atoms with E-state index in [0.29, 0.717) is 11.8 Å². The van der Waals surface area contributed by atoms with Gasteiger partial charge >= 0.3 is 5.97 Å². The molecule has 3 rings (SSSR count). The Morgan fingerprint density at radius 3 is 2.80 bits per heavy atom. The van der Waals surface area contributed by atoms with E-state index in [0.717, 1.165) is 19.3 Å². The molecule has 4 heteroatoms. The van der Waals surface area contributed by atoms with E-state index in [2.05, 4.69) is 18.2 Å². The molecule has 106 valence electrons. The lowest BCUT2D eigenvalue weighted by Crippen LogP contribution is -2.38. The Kier molecular flexibility index (Phi) is 3.47. The highest BCUT2D eigenvalue weighted by molar-refractivity contribution is 5.74. The zero-order valence-corrected chi connectivity index (χ0v) is 11.6. The molecule has 1 saturated carbocycles. The summed E-state index contributed by atoms with van der Waals surface area (Å²) in [6.07, 6.45) is 4.21. The minimum Gasteiger partial charge on any atom is -0.468 e. The number of benzene rings is 1.